The highest BCUT2D eigenvalue weighted by atomic mass is 19.1. The first-order valence-electron chi connectivity index (χ1n) is 5.85. The number of benzene rings is 1. The zero-order chi connectivity index (χ0) is 12.7. The van der Waals surface area contributed by atoms with Gasteiger partial charge < -0.3 is 10.0 Å². The summed E-state index contributed by atoms with van der Waals surface area (Å²) in [6.07, 6.45) is 1.65. The zero-order valence-corrected chi connectivity index (χ0v) is 10.0. The maximum Gasteiger partial charge on any atom is 0.303 e. The van der Waals surface area contributed by atoms with E-state index in [0.29, 0.717) is 6.42 Å². The van der Waals surface area contributed by atoms with E-state index in [-0.39, 0.29) is 12.2 Å². The predicted octanol–water partition coefficient (Wildman–Crippen LogP) is 2.91. The summed E-state index contributed by atoms with van der Waals surface area (Å²) in [5.41, 5.74) is 0.850. The Balaban J connectivity index is 2.45. The third-order valence-electron chi connectivity index (χ3n) is 2.62. The smallest absolute Gasteiger partial charge is 0.303 e. The van der Waals surface area contributed by atoms with E-state index in [0.717, 1.165) is 25.2 Å². The molecular formula is C13H18FNO2. The van der Waals surface area contributed by atoms with E-state index < -0.39 is 5.97 Å². The molecule has 0 saturated carbocycles. The summed E-state index contributed by atoms with van der Waals surface area (Å²) in [7, 11) is 0. The SMILES string of the molecule is CCN(CCCCC(=O)O)c1cccc(F)c1. The Morgan fingerprint density at radius 2 is 2.18 bits per heavy atom. The highest BCUT2D eigenvalue weighted by Crippen LogP contribution is 2.16. The maximum absolute atomic E-state index is 13.1. The number of halogens is 1. The van der Waals surface area contributed by atoms with Gasteiger partial charge in [0.05, 0.1) is 0 Å². The lowest BCUT2D eigenvalue weighted by Crippen LogP contribution is -2.24. The Labute approximate surface area is 101 Å². The van der Waals surface area contributed by atoms with Crippen LogP contribution >= 0.6 is 0 Å². The number of unbranched alkanes of at least 4 members (excludes halogenated alkanes) is 1. The molecule has 17 heavy (non-hydrogen) atoms. The van der Waals surface area contributed by atoms with E-state index in [2.05, 4.69) is 0 Å². The number of anilines is 1. The molecule has 1 N–H and O–H groups in total. The van der Waals surface area contributed by atoms with Crippen LogP contribution in [0.25, 0.3) is 0 Å². The molecule has 0 fully saturated rings. The second kappa shape index (κ2) is 6.89. The first kappa shape index (κ1) is 13.5. The minimum atomic E-state index is -0.765. The molecule has 1 rings (SSSR count). The molecule has 1 aromatic carbocycles. The standard InChI is InChI=1S/C13H18FNO2/c1-2-15(9-4-3-8-13(16)17)12-7-5-6-11(14)10-12/h5-7,10H,2-4,8-9H2,1H3,(H,16,17). The van der Waals surface area contributed by atoms with Crippen LogP contribution in [0.1, 0.15) is 26.2 Å². The van der Waals surface area contributed by atoms with Crippen LogP contribution in [0.15, 0.2) is 24.3 Å². The van der Waals surface area contributed by atoms with Crippen molar-refractivity contribution in [3.63, 3.8) is 0 Å². The van der Waals surface area contributed by atoms with Gasteiger partial charge in [0.2, 0.25) is 0 Å². The molecule has 0 atom stereocenters. The summed E-state index contributed by atoms with van der Waals surface area (Å²) >= 11 is 0. The number of carboxylic acid groups (broad SMARTS) is 1. The van der Waals surface area contributed by atoms with Gasteiger partial charge in [0.15, 0.2) is 0 Å². The average Bonchev–Trinajstić information content (AvgIpc) is 2.29. The molecule has 0 bridgehead atoms. The molecule has 0 spiro atoms. The van der Waals surface area contributed by atoms with Gasteiger partial charge in [0.1, 0.15) is 5.82 Å². The number of aliphatic carboxylic acids is 1. The Morgan fingerprint density at radius 1 is 1.41 bits per heavy atom. The van der Waals surface area contributed by atoms with Crippen LogP contribution in [0.3, 0.4) is 0 Å². The van der Waals surface area contributed by atoms with Gasteiger partial charge in [-0.2, -0.15) is 0 Å². The first-order chi connectivity index (χ1) is 8.13. The molecule has 0 aliphatic carbocycles. The monoisotopic (exact) mass is 239 g/mol. The van der Waals surface area contributed by atoms with Gasteiger partial charge in [0, 0.05) is 25.2 Å². The lowest BCUT2D eigenvalue weighted by molar-refractivity contribution is -0.137. The molecule has 1 aromatic rings. The normalized spacial score (nSPS) is 10.2. The van der Waals surface area contributed by atoms with E-state index in [1.54, 1.807) is 6.07 Å². The van der Waals surface area contributed by atoms with Crippen molar-refractivity contribution >= 4 is 11.7 Å². The molecule has 0 aromatic heterocycles. The van der Waals surface area contributed by atoms with Crippen molar-refractivity contribution in [1.29, 1.82) is 0 Å². The highest BCUT2D eigenvalue weighted by Gasteiger charge is 2.05. The fourth-order valence-corrected chi connectivity index (χ4v) is 1.72. The molecule has 0 heterocycles. The van der Waals surface area contributed by atoms with Crippen LogP contribution < -0.4 is 4.90 Å². The number of carbonyl (C=O) groups is 1. The molecule has 0 amide bonds. The maximum atomic E-state index is 13.1. The van der Waals surface area contributed by atoms with Crippen LogP contribution in [0.5, 0.6) is 0 Å². The fraction of sp³-hybridized carbons (Fsp3) is 0.462. The van der Waals surface area contributed by atoms with E-state index >= 15 is 0 Å². The Hall–Kier alpha value is -1.58. The fourth-order valence-electron chi connectivity index (χ4n) is 1.72. The van der Waals surface area contributed by atoms with Crippen molar-refractivity contribution in [2.75, 3.05) is 18.0 Å². The highest BCUT2D eigenvalue weighted by molar-refractivity contribution is 5.66. The van der Waals surface area contributed by atoms with Crippen molar-refractivity contribution < 1.29 is 14.3 Å². The first-order valence-corrected chi connectivity index (χ1v) is 5.85. The van der Waals surface area contributed by atoms with Gasteiger partial charge in [-0.15, -0.1) is 0 Å². The third kappa shape index (κ3) is 4.85. The summed E-state index contributed by atoms with van der Waals surface area (Å²) in [6.45, 7) is 3.55. The van der Waals surface area contributed by atoms with Crippen molar-refractivity contribution in [3.8, 4) is 0 Å². The molecular weight excluding hydrogens is 221 g/mol. The van der Waals surface area contributed by atoms with Gasteiger partial charge >= 0.3 is 5.97 Å². The molecule has 4 heteroatoms. The molecule has 0 unspecified atom stereocenters. The lowest BCUT2D eigenvalue weighted by atomic mass is 10.2. The van der Waals surface area contributed by atoms with Crippen LogP contribution in [0, 0.1) is 5.82 Å². The zero-order valence-electron chi connectivity index (χ0n) is 10.0. The van der Waals surface area contributed by atoms with Gasteiger partial charge in [-0.05, 0) is 38.0 Å². The van der Waals surface area contributed by atoms with E-state index in [9.17, 15) is 9.18 Å². The number of nitrogens with zero attached hydrogens (tertiary/aromatic N) is 1. The van der Waals surface area contributed by atoms with Crippen molar-refractivity contribution in [1.82, 2.24) is 0 Å². The largest absolute Gasteiger partial charge is 0.481 e. The minimum Gasteiger partial charge on any atom is -0.481 e. The van der Waals surface area contributed by atoms with E-state index in [1.807, 2.05) is 17.9 Å². The molecule has 0 aliphatic rings. The molecule has 0 saturated heterocycles. The topological polar surface area (TPSA) is 40.5 Å². The Kier molecular flexibility index (Phi) is 5.46. The molecule has 3 nitrogen and oxygen atoms in total. The van der Waals surface area contributed by atoms with Crippen molar-refractivity contribution in [2.24, 2.45) is 0 Å². The van der Waals surface area contributed by atoms with Gasteiger partial charge in [0.25, 0.3) is 0 Å². The predicted molar refractivity (Wildman–Crippen MR) is 65.8 cm³/mol. The van der Waals surface area contributed by atoms with Gasteiger partial charge in [-0.3, -0.25) is 4.79 Å². The number of hydrogen-bond donors (Lipinski definition) is 1. The van der Waals surface area contributed by atoms with Gasteiger partial charge in [-0.1, -0.05) is 6.07 Å². The number of hydrogen-bond acceptors (Lipinski definition) is 2. The second-order valence-corrected chi connectivity index (χ2v) is 3.91. The average molecular weight is 239 g/mol. The summed E-state index contributed by atoms with van der Waals surface area (Å²) in [5.74, 6) is -1.01. The molecule has 0 aliphatic heterocycles. The van der Waals surface area contributed by atoms with Gasteiger partial charge in [-0.25, -0.2) is 4.39 Å². The quantitative estimate of drug-likeness (QED) is 0.744. The molecule has 94 valence electrons. The number of carboxylic acids is 1. The van der Waals surface area contributed by atoms with Crippen LogP contribution in [0.4, 0.5) is 10.1 Å². The van der Waals surface area contributed by atoms with Crippen LogP contribution in [-0.4, -0.2) is 24.2 Å². The molecule has 0 radical (unpaired) electrons. The number of rotatable bonds is 7. The summed E-state index contributed by atoms with van der Waals surface area (Å²) in [4.78, 5) is 12.4. The Morgan fingerprint density at radius 3 is 2.76 bits per heavy atom. The third-order valence-corrected chi connectivity index (χ3v) is 2.62. The summed E-state index contributed by atoms with van der Waals surface area (Å²) in [6, 6.07) is 6.47. The van der Waals surface area contributed by atoms with E-state index in [1.165, 1.54) is 12.1 Å². The van der Waals surface area contributed by atoms with Crippen LogP contribution in [0.2, 0.25) is 0 Å². The summed E-state index contributed by atoms with van der Waals surface area (Å²) in [5, 5.41) is 8.53. The minimum absolute atomic E-state index is 0.195. The second-order valence-electron chi connectivity index (χ2n) is 3.91. The lowest BCUT2D eigenvalue weighted by Gasteiger charge is -2.22. The van der Waals surface area contributed by atoms with E-state index in [4.69, 9.17) is 5.11 Å². The summed E-state index contributed by atoms with van der Waals surface area (Å²) < 4.78 is 13.1. The van der Waals surface area contributed by atoms with Crippen molar-refractivity contribution in [3.05, 3.63) is 30.1 Å². The van der Waals surface area contributed by atoms with Crippen LogP contribution in [-0.2, 0) is 4.79 Å². The Bertz CT molecular complexity index is 368. The van der Waals surface area contributed by atoms with Crippen molar-refractivity contribution in [2.45, 2.75) is 26.2 Å².